The van der Waals surface area contributed by atoms with Crippen LogP contribution >= 0.6 is 11.8 Å². The molecule has 0 bridgehead atoms. The number of aryl methyl sites for hydroxylation is 3. The van der Waals surface area contributed by atoms with Crippen LogP contribution in [0.3, 0.4) is 0 Å². The maximum atomic E-state index is 12.3. The second-order valence-electron chi connectivity index (χ2n) is 6.60. The molecule has 0 fully saturated rings. The number of carbonyl (C=O) groups is 1. The molecule has 1 amide bonds. The fraction of sp³-hybridized carbons (Fsp3) is 0.286. The van der Waals surface area contributed by atoms with Crippen LogP contribution in [0.5, 0.6) is 0 Å². The molecule has 3 aromatic rings. The lowest BCUT2D eigenvalue weighted by Gasteiger charge is -2.10. The largest absolute Gasteiger partial charge is 0.351 e. The summed E-state index contributed by atoms with van der Waals surface area (Å²) in [7, 11) is 0. The van der Waals surface area contributed by atoms with Crippen LogP contribution in [0.4, 0.5) is 0 Å². The van der Waals surface area contributed by atoms with Crippen molar-refractivity contribution in [2.24, 2.45) is 0 Å². The number of hydrogen-bond donors (Lipinski definition) is 1. The minimum absolute atomic E-state index is 0.00751. The van der Waals surface area contributed by atoms with Crippen molar-refractivity contribution in [3.8, 4) is 0 Å². The zero-order valence-electron chi connectivity index (χ0n) is 15.9. The smallest absolute Gasteiger partial charge is 0.230 e. The van der Waals surface area contributed by atoms with Gasteiger partial charge in [-0.2, -0.15) is 0 Å². The number of benzene rings is 2. The van der Waals surface area contributed by atoms with Crippen LogP contribution in [0, 0.1) is 20.8 Å². The predicted octanol–water partition coefficient (Wildman–Crippen LogP) is 3.66. The number of nitrogens with zero attached hydrogens (tertiary/aromatic N) is 3. The average molecular weight is 381 g/mol. The van der Waals surface area contributed by atoms with Gasteiger partial charge in [-0.1, -0.05) is 65.9 Å². The average Bonchev–Trinajstić information content (AvgIpc) is 3.00. The minimum Gasteiger partial charge on any atom is -0.351 e. The first-order valence-corrected chi connectivity index (χ1v) is 9.91. The van der Waals surface area contributed by atoms with E-state index in [0.717, 1.165) is 16.5 Å². The zero-order valence-corrected chi connectivity index (χ0v) is 16.7. The van der Waals surface area contributed by atoms with Gasteiger partial charge in [0.05, 0.1) is 12.3 Å². The SMILES string of the molecule is Cc1ccc(CNC(=O)CSc2nnc(C)n2Cc2ccccc2)c(C)c1. The number of rotatable bonds is 7. The van der Waals surface area contributed by atoms with Crippen molar-refractivity contribution in [2.75, 3.05) is 5.75 Å². The highest BCUT2D eigenvalue weighted by atomic mass is 32.2. The normalized spacial score (nSPS) is 10.8. The lowest BCUT2D eigenvalue weighted by atomic mass is 10.1. The Bertz CT molecular complexity index is 921. The fourth-order valence-electron chi connectivity index (χ4n) is 2.84. The van der Waals surface area contributed by atoms with Crippen LogP contribution in [0.2, 0.25) is 0 Å². The van der Waals surface area contributed by atoms with Crippen molar-refractivity contribution >= 4 is 17.7 Å². The topological polar surface area (TPSA) is 59.8 Å². The van der Waals surface area contributed by atoms with Crippen LogP contribution in [-0.2, 0) is 17.9 Å². The third-order valence-corrected chi connectivity index (χ3v) is 5.36. The van der Waals surface area contributed by atoms with Gasteiger partial charge in [0.25, 0.3) is 0 Å². The Kier molecular flexibility index (Phi) is 6.29. The summed E-state index contributed by atoms with van der Waals surface area (Å²) in [6, 6.07) is 16.4. The number of nitrogens with one attached hydrogen (secondary N) is 1. The highest BCUT2D eigenvalue weighted by molar-refractivity contribution is 7.99. The second kappa shape index (κ2) is 8.86. The summed E-state index contributed by atoms with van der Waals surface area (Å²) in [4.78, 5) is 12.3. The van der Waals surface area contributed by atoms with E-state index in [2.05, 4.69) is 59.7 Å². The monoisotopic (exact) mass is 380 g/mol. The van der Waals surface area contributed by atoms with E-state index in [-0.39, 0.29) is 5.91 Å². The van der Waals surface area contributed by atoms with Gasteiger partial charge in [-0.05, 0) is 37.5 Å². The zero-order chi connectivity index (χ0) is 19.2. The molecule has 0 saturated heterocycles. The van der Waals surface area contributed by atoms with E-state index in [1.807, 2.05) is 29.7 Å². The van der Waals surface area contributed by atoms with E-state index in [9.17, 15) is 4.79 Å². The number of carbonyl (C=O) groups excluding carboxylic acids is 1. The fourth-order valence-corrected chi connectivity index (χ4v) is 3.65. The van der Waals surface area contributed by atoms with Gasteiger partial charge in [0.1, 0.15) is 5.82 Å². The summed E-state index contributed by atoms with van der Waals surface area (Å²) in [6.45, 7) is 7.31. The Morgan fingerprint density at radius 2 is 1.85 bits per heavy atom. The Balaban J connectivity index is 1.56. The molecule has 140 valence electrons. The van der Waals surface area contributed by atoms with Gasteiger partial charge >= 0.3 is 0 Å². The molecule has 6 heteroatoms. The molecular formula is C21H24N4OS. The standard InChI is InChI=1S/C21H24N4OS/c1-15-9-10-19(16(2)11-15)12-22-20(26)14-27-21-24-23-17(3)25(21)13-18-7-5-4-6-8-18/h4-11H,12-14H2,1-3H3,(H,22,26). The van der Waals surface area contributed by atoms with Crippen molar-refractivity contribution in [3.63, 3.8) is 0 Å². The molecule has 0 atom stereocenters. The van der Waals surface area contributed by atoms with E-state index in [4.69, 9.17) is 0 Å². The van der Waals surface area contributed by atoms with Crippen LogP contribution in [-0.4, -0.2) is 26.4 Å². The lowest BCUT2D eigenvalue weighted by Crippen LogP contribution is -2.25. The first kappa shape index (κ1) is 19.2. The van der Waals surface area contributed by atoms with E-state index in [0.29, 0.717) is 18.8 Å². The van der Waals surface area contributed by atoms with Crippen molar-refractivity contribution in [1.82, 2.24) is 20.1 Å². The molecule has 2 aromatic carbocycles. The molecule has 1 N–H and O–H groups in total. The van der Waals surface area contributed by atoms with Gasteiger partial charge in [-0.3, -0.25) is 4.79 Å². The second-order valence-corrected chi connectivity index (χ2v) is 7.54. The maximum Gasteiger partial charge on any atom is 0.230 e. The van der Waals surface area contributed by atoms with Crippen molar-refractivity contribution in [1.29, 1.82) is 0 Å². The molecule has 0 aliphatic rings. The molecule has 3 rings (SSSR count). The minimum atomic E-state index is -0.00751. The van der Waals surface area contributed by atoms with E-state index in [1.54, 1.807) is 0 Å². The van der Waals surface area contributed by atoms with Gasteiger partial charge in [-0.15, -0.1) is 10.2 Å². The molecule has 1 heterocycles. The third kappa shape index (κ3) is 5.20. The van der Waals surface area contributed by atoms with Crippen LogP contribution in [0.1, 0.15) is 28.1 Å². The van der Waals surface area contributed by atoms with Crippen LogP contribution in [0.25, 0.3) is 0 Å². The summed E-state index contributed by atoms with van der Waals surface area (Å²) in [5, 5.41) is 12.1. The molecule has 5 nitrogen and oxygen atoms in total. The van der Waals surface area contributed by atoms with Gasteiger partial charge in [0.15, 0.2) is 5.16 Å². The number of thioether (sulfide) groups is 1. The third-order valence-electron chi connectivity index (χ3n) is 4.39. The highest BCUT2D eigenvalue weighted by Gasteiger charge is 2.12. The van der Waals surface area contributed by atoms with Crippen LogP contribution < -0.4 is 5.32 Å². The quantitative estimate of drug-likeness (QED) is 0.636. The molecule has 0 radical (unpaired) electrons. The Morgan fingerprint density at radius 1 is 1.07 bits per heavy atom. The Hall–Kier alpha value is -2.60. The molecule has 1 aromatic heterocycles. The van der Waals surface area contributed by atoms with Crippen molar-refractivity contribution in [2.45, 2.75) is 39.0 Å². The lowest BCUT2D eigenvalue weighted by molar-refractivity contribution is -0.118. The molecule has 0 saturated carbocycles. The van der Waals surface area contributed by atoms with E-state index in [1.165, 1.54) is 28.5 Å². The van der Waals surface area contributed by atoms with Crippen molar-refractivity contribution < 1.29 is 4.79 Å². The molecule has 0 unspecified atom stereocenters. The molecule has 0 spiro atoms. The number of amides is 1. The van der Waals surface area contributed by atoms with Crippen molar-refractivity contribution in [3.05, 3.63) is 76.6 Å². The molecule has 27 heavy (non-hydrogen) atoms. The molecule has 0 aliphatic heterocycles. The van der Waals surface area contributed by atoms with Gasteiger partial charge in [0.2, 0.25) is 5.91 Å². The highest BCUT2D eigenvalue weighted by Crippen LogP contribution is 2.18. The molecular weight excluding hydrogens is 356 g/mol. The van der Waals surface area contributed by atoms with E-state index >= 15 is 0 Å². The summed E-state index contributed by atoms with van der Waals surface area (Å²) < 4.78 is 2.04. The summed E-state index contributed by atoms with van der Waals surface area (Å²) in [5.41, 5.74) is 4.75. The first-order chi connectivity index (χ1) is 13.0. The Labute approximate surface area is 164 Å². The first-order valence-electron chi connectivity index (χ1n) is 8.92. The van der Waals surface area contributed by atoms with Gasteiger partial charge in [0, 0.05) is 6.54 Å². The van der Waals surface area contributed by atoms with E-state index < -0.39 is 0 Å². The summed E-state index contributed by atoms with van der Waals surface area (Å²) in [6.07, 6.45) is 0. The molecule has 0 aliphatic carbocycles. The maximum absolute atomic E-state index is 12.3. The van der Waals surface area contributed by atoms with Gasteiger partial charge < -0.3 is 9.88 Å². The number of hydrogen-bond acceptors (Lipinski definition) is 4. The number of aromatic nitrogens is 3. The van der Waals surface area contributed by atoms with Crippen LogP contribution in [0.15, 0.2) is 53.7 Å². The van der Waals surface area contributed by atoms with Gasteiger partial charge in [-0.25, -0.2) is 0 Å². The Morgan fingerprint density at radius 3 is 2.59 bits per heavy atom. The predicted molar refractivity (Wildman–Crippen MR) is 109 cm³/mol. The summed E-state index contributed by atoms with van der Waals surface area (Å²) in [5.74, 6) is 1.15. The summed E-state index contributed by atoms with van der Waals surface area (Å²) >= 11 is 1.41.